The lowest BCUT2D eigenvalue weighted by atomic mass is 9.94. The van der Waals surface area contributed by atoms with Gasteiger partial charge in [0.25, 0.3) is 0 Å². The molecule has 2 aromatic carbocycles. The summed E-state index contributed by atoms with van der Waals surface area (Å²) in [5.74, 6) is -0.948. The van der Waals surface area contributed by atoms with Gasteiger partial charge in [-0.1, -0.05) is 42.5 Å². The third-order valence-electron chi connectivity index (χ3n) is 4.94. The molecule has 1 aliphatic rings. The van der Waals surface area contributed by atoms with Crippen molar-refractivity contribution in [2.45, 2.75) is 26.4 Å². The molecule has 1 heterocycles. The number of allylic oxidation sites excluding steroid dienone is 1. The zero-order valence-electron chi connectivity index (χ0n) is 17.2. The topological polar surface area (TPSA) is 84.9 Å². The van der Waals surface area contributed by atoms with Crippen LogP contribution in [0.25, 0.3) is 0 Å². The van der Waals surface area contributed by atoms with E-state index in [0.717, 1.165) is 5.56 Å². The molecule has 0 aromatic heterocycles. The SMILES string of the molecule is CCOC(=O)C1=C(C)N(Cc2ccccc2)C(=O)NC1c1ccc(C(=O)OC)cc1. The number of esters is 2. The highest BCUT2D eigenvalue weighted by Crippen LogP contribution is 2.32. The van der Waals surface area contributed by atoms with Gasteiger partial charge in [0, 0.05) is 5.70 Å². The van der Waals surface area contributed by atoms with E-state index in [1.807, 2.05) is 30.3 Å². The van der Waals surface area contributed by atoms with Gasteiger partial charge in [0.1, 0.15) is 0 Å². The van der Waals surface area contributed by atoms with E-state index < -0.39 is 18.0 Å². The first kappa shape index (κ1) is 21.1. The Bertz CT molecular complexity index is 967. The number of hydrogen-bond donors (Lipinski definition) is 1. The molecule has 1 N–H and O–H groups in total. The number of carbonyl (C=O) groups is 3. The number of amides is 2. The third kappa shape index (κ3) is 4.35. The predicted molar refractivity (Wildman–Crippen MR) is 110 cm³/mol. The molecule has 30 heavy (non-hydrogen) atoms. The number of nitrogens with one attached hydrogen (secondary N) is 1. The molecule has 3 rings (SSSR count). The van der Waals surface area contributed by atoms with Crippen molar-refractivity contribution in [3.05, 3.63) is 82.6 Å². The van der Waals surface area contributed by atoms with Gasteiger partial charge in [-0.2, -0.15) is 0 Å². The maximum absolute atomic E-state index is 12.9. The fourth-order valence-corrected chi connectivity index (χ4v) is 3.39. The summed E-state index contributed by atoms with van der Waals surface area (Å²) < 4.78 is 9.99. The highest BCUT2D eigenvalue weighted by Gasteiger charge is 2.36. The van der Waals surface area contributed by atoms with Crippen molar-refractivity contribution in [2.24, 2.45) is 0 Å². The monoisotopic (exact) mass is 408 g/mol. The standard InChI is InChI=1S/C23H24N2O5/c1-4-30-22(27)19-15(2)25(14-16-8-6-5-7-9-16)23(28)24-20(19)17-10-12-18(13-11-17)21(26)29-3/h5-13,20H,4,14H2,1-3H3,(H,24,28). The fourth-order valence-electron chi connectivity index (χ4n) is 3.39. The van der Waals surface area contributed by atoms with Crippen LogP contribution in [0, 0.1) is 0 Å². The Kier molecular flexibility index (Phi) is 6.51. The van der Waals surface area contributed by atoms with Crippen LogP contribution in [0.4, 0.5) is 4.79 Å². The second-order valence-corrected chi connectivity index (χ2v) is 6.79. The van der Waals surface area contributed by atoms with Crippen LogP contribution in [0.3, 0.4) is 0 Å². The number of carbonyl (C=O) groups excluding carboxylic acids is 3. The molecule has 0 bridgehead atoms. The van der Waals surface area contributed by atoms with Gasteiger partial charge in [-0.05, 0) is 37.1 Å². The van der Waals surface area contributed by atoms with Crippen LogP contribution in [-0.2, 0) is 20.8 Å². The van der Waals surface area contributed by atoms with E-state index in [0.29, 0.717) is 28.9 Å². The Morgan fingerprint density at radius 2 is 1.70 bits per heavy atom. The fraction of sp³-hybridized carbons (Fsp3) is 0.261. The number of ether oxygens (including phenoxy) is 2. The summed E-state index contributed by atoms with van der Waals surface area (Å²) in [4.78, 5) is 38.9. The number of methoxy groups -OCH3 is 1. The first-order valence-corrected chi connectivity index (χ1v) is 9.64. The first-order valence-electron chi connectivity index (χ1n) is 9.64. The van der Waals surface area contributed by atoms with E-state index >= 15 is 0 Å². The molecular formula is C23H24N2O5. The highest BCUT2D eigenvalue weighted by molar-refractivity contribution is 5.95. The van der Waals surface area contributed by atoms with Crippen LogP contribution in [-0.4, -0.2) is 36.6 Å². The van der Waals surface area contributed by atoms with Gasteiger partial charge < -0.3 is 14.8 Å². The zero-order valence-corrected chi connectivity index (χ0v) is 17.2. The normalized spacial score (nSPS) is 16.2. The summed E-state index contributed by atoms with van der Waals surface area (Å²) in [6.45, 7) is 4.02. The van der Waals surface area contributed by atoms with Crippen molar-refractivity contribution >= 4 is 18.0 Å². The lowest BCUT2D eigenvalue weighted by Gasteiger charge is -2.35. The van der Waals surface area contributed by atoms with Crippen molar-refractivity contribution in [2.75, 3.05) is 13.7 Å². The maximum atomic E-state index is 12.9. The minimum absolute atomic E-state index is 0.218. The molecule has 7 nitrogen and oxygen atoms in total. The molecule has 0 spiro atoms. The smallest absolute Gasteiger partial charge is 0.338 e. The molecule has 2 amide bonds. The second kappa shape index (κ2) is 9.26. The summed E-state index contributed by atoms with van der Waals surface area (Å²) >= 11 is 0. The summed E-state index contributed by atoms with van der Waals surface area (Å²) in [5, 5.41) is 2.90. The minimum Gasteiger partial charge on any atom is -0.465 e. The van der Waals surface area contributed by atoms with Crippen LogP contribution >= 0.6 is 0 Å². The number of urea groups is 1. The molecule has 0 saturated heterocycles. The zero-order chi connectivity index (χ0) is 21.7. The van der Waals surface area contributed by atoms with Gasteiger partial charge in [-0.25, -0.2) is 14.4 Å². The number of benzene rings is 2. The Labute approximate surface area is 175 Å². The Hall–Kier alpha value is -3.61. The molecule has 1 aliphatic heterocycles. The lowest BCUT2D eigenvalue weighted by molar-refractivity contribution is -0.139. The van der Waals surface area contributed by atoms with Gasteiger partial charge in [0.15, 0.2) is 0 Å². The molecule has 1 unspecified atom stereocenters. The Balaban J connectivity index is 1.99. The summed E-state index contributed by atoms with van der Waals surface area (Å²) in [5.41, 5.74) is 2.88. The number of hydrogen-bond acceptors (Lipinski definition) is 5. The molecular weight excluding hydrogens is 384 g/mol. The minimum atomic E-state index is -0.685. The molecule has 0 radical (unpaired) electrons. The largest absolute Gasteiger partial charge is 0.465 e. The van der Waals surface area contributed by atoms with E-state index in [1.54, 1.807) is 38.1 Å². The molecule has 2 aromatic rings. The summed E-state index contributed by atoms with van der Waals surface area (Å²) in [6, 6.07) is 15.1. The van der Waals surface area contributed by atoms with E-state index in [2.05, 4.69) is 5.32 Å². The quantitative estimate of drug-likeness (QED) is 0.739. The van der Waals surface area contributed by atoms with E-state index in [9.17, 15) is 14.4 Å². The van der Waals surface area contributed by atoms with E-state index in [1.165, 1.54) is 12.0 Å². The van der Waals surface area contributed by atoms with Crippen LogP contribution in [0.15, 0.2) is 65.9 Å². The molecule has 0 saturated carbocycles. The number of nitrogens with zero attached hydrogens (tertiary/aromatic N) is 1. The van der Waals surface area contributed by atoms with Gasteiger partial charge >= 0.3 is 18.0 Å². The van der Waals surface area contributed by atoms with Crippen molar-refractivity contribution < 1.29 is 23.9 Å². The number of rotatable bonds is 6. The average Bonchev–Trinajstić information content (AvgIpc) is 2.76. The Morgan fingerprint density at radius 3 is 2.30 bits per heavy atom. The van der Waals surface area contributed by atoms with Crippen LogP contribution in [0.5, 0.6) is 0 Å². The van der Waals surface area contributed by atoms with Crippen LogP contribution in [0.1, 0.15) is 41.4 Å². The Morgan fingerprint density at radius 1 is 1.03 bits per heavy atom. The van der Waals surface area contributed by atoms with Gasteiger partial charge in [0.2, 0.25) is 0 Å². The average molecular weight is 408 g/mol. The molecule has 7 heteroatoms. The maximum Gasteiger partial charge on any atom is 0.338 e. The van der Waals surface area contributed by atoms with E-state index in [-0.39, 0.29) is 12.6 Å². The van der Waals surface area contributed by atoms with Gasteiger partial charge in [-0.3, -0.25) is 4.90 Å². The predicted octanol–water partition coefficient (Wildman–Crippen LogP) is 3.58. The van der Waals surface area contributed by atoms with Crippen LogP contribution in [0.2, 0.25) is 0 Å². The van der Waals surface area contributed by atoms with Crippen molar-refractivity contribution in [1.29, 1.82) is 0 Å². The summed E-state index contributed by atoms with van der Waals surface area (Å²) in [7, 11) is 1.31. The molecule has 0 aliphatic carbocycles. The molecule has 1 atom stereocenters. The van der Waals surface area contributed by atoms with Gasteiger partial charge in [-0.15, -0.1) is 0 Å². The third-order valence-corrected chi connectivity index (χ3v) is 4.94. The van der Waals surface area contributed by atoms with Crippen molar-refractivity contribution in [1.82, 2.24) is 10.2 Å². The molecule has 0 fully saturated rings. The van der Waals surface area contributed by atoms with Gasteiger partial charge in [0.05, 0.1) is 37.4 Å². The first-order chi connectivity index (χ1) is 14.5. The lowest BCUT2D eigenvalue weighted by Crippen LogP contribution is -2.47. The highest BCUT2D eigenvalue weighted by atomic mass is 16.5. The summed E-state index contributed by atoms with van der Waals surface area (Å²) in [6.07, 6.45) is 0. The molecule has 156 valence electrons. The van der Waals surface area contributed by atoms with Crippen LogP contribution < -0.4 is 5.32 Å². The second-order valence-electron chi connectivity index (χ2n) is 6.79. The van der Waals surface area contributed by atoms with Crippen molar-refractivity contribution in [3.8, 4) is 0 Å². The van der Waals surface area contributed by atoms with E-state index in [4.69, 9.17) is 9.47 Å². The van der Waals surface area contributed by atoms with Crippen molar-refractivity contribution in [3.63, 3.8) is 0 Å².